The predicted octanol–water partition coefficient (Wildman–Crippen LogP) is 0.121. The Morgan fingerprint density at radius 3 is 2.24 bits per heavy atom. The van der Waals surface area contributed by atoms with E-state index in [1.165, 1.54) is 20.8 Å². The molecular formula is C11H16O6. The highest BCUT2D eigenvalue weighted by Crippen LogP contribution is 2.54. The smallest absolute Gasteiger partial charge is 0.228 e. The second kappa shape index (κ2) is 3.14. The molecule has 0 radical (unpaired) electrons. The third kappa shape index (κ3) is 1.55. The molecule has 2 rings (SSSR count). The van der Waals surface area contributed by atoms with Crippen LogP contribution in [-0.2, 0) is 23.8 Å². The fourth-order valence-corrected chi connectivity index (χ4v) is 2.38. The van der Waals surface area contributed by atoms with Crippen LogP contribution in [-0.4, -0.2) is 40.1 Å². The van der Waals surface area contributed by atoms with Crippen LogP contribution in [0.2, 0.25) is 0 Å². The lowest BCUT2D eigenvalue weighted by Crippen LogP contribution is -2.45. The summed E-state index contributed by atoms with van der Waals surface area (Å²) in [4.78, 5) is 22.4. The largest absolute Gasteiger partial charge is 0.361 e. The summed E-state index contributed by atoms with van der Waals surface area (Å²) in [6.45, 7) is 5.76. The standard InChI is InChI=1S/C11H16O6/c1-7(13)8(2)5-11(14)10(4,15-8)16-9(3,6-12)17-11/h6,14H,5H2,1-4H3/t8-,9-,10-,11+/m1/s1. The molecule has 6 nitrogen and oxygen atoms in total. The molecule has 2 aliphatic rings. The zero-order valence-corrected chi connectivity index (χ0v) is 10.3. The van der Waals surface area contributed by atoms with Gasteiger partial charge in [-0.15, -0.1) is 0 Å². The van der Waals surface area contributed by atoms with Gasteiger partial charge in [0.2, 0.25) is 17.4 Å². The highest BCUT2D eigenvalue weighted by atomic mass is 16.9. The maximum Gasteiger partial charge on any atom is 0.228 e. The summed E-state index contributed by atoms with van der Waals surface area (Å²) < 4.78 is 16.1. The Balaban J connectivity index is 2.36. The van der Waals surface area contributed by atoms with E-state index in [1.54, 1.807) is 6.92 Å². The van der Waals surface area contributed by atoms with E-state index in [-0.39, 0.29) is 12.2 Å². The number of fused-ring (bicyclic) bond motifs is 1. The molecule has 2 aliphatic heterocycles. The van der Waals surface area contributed by atoms with Crippen molar-refractivity contribution in [3.05, 3.63) is 0 Å². The zero-order chi connectivity index (χ0) is 13.1. The van der Waals surface area contributed by atoms with Gasteiger partial charge in [-0.25, -0.2) is 0 Å². The lowest BCUT2D eigenvalue weighted by Gasteiger charge is -2.28. The number of hydrogen-bond donors (Lipinski definition) is 1. The van der Waals surface area contributed by atoms with Gasteiger partial charge in [-0.1, -0.05) is 0 Å². The molecule has 96 valence electrons. The number of carbonyl (C=O) groups is 2. The molecule has 0 unspecified atom stereocenters. The molecule has 4 atom stereocenters. The van der Waals surface area contributed by atoms with Crippen molar-refractivity contribution in [3.8, 4) is 0 Å². The molecule has 1 N–H and O–H groups in total. The van der Waals surface area contributed by atoms with E-state index >= 15 is 0 Å². The van der Waals surface area contributed by atoms with E-state index in [4.69, 9.17) is 14.2 Å². The van der Waals surface area contributed by atoms with Crippen LogP contribution in [0.5, 0.6) is 0 Å². The average molecular weight is 244 g/mol. The predicted molar refractivity (Wildman–Crippen MR) is 54.8 cm³/mol. The van der Waals surface area contributed by atoms with Gasteiger partial charge < -0.3 is 19.3 Å². The Kier molecular flexibility index (Phi) is 2.33. The summed E-state index contributed by atoms with van der Waals surface area (Å²) in [5.74, 6) is -5.12. The fourth-order valence-electron chi connectivity index (χ4n) is 2.38. The Hall–Kier alpha value is -0.820. The Morgan fingerprint density at radius 1 is 1.24 bits per heavy atom. The number of aldehydes is 1. The lowest BCUT2D eigenvalue weighted by molar-refractivity contribution is -0.270. The first-order chi connectivity index (χ1) is 7.58. The van der Waals surface area contributed by atoms with Crippen LogP contribution in [0.15, 0.2) is 0 Å². The minimum atomic E-state index is -1.80. The molecule has 0 spiro atoms. The molecular weight excluding hydrogens is 228 g/mol. The topological polar surface area (TPSA) is 82.1 Å². The first kappa shape index (κ1) is 12.6. The number of aliphatic hydroxyl groups is 1. The van der Waals surface area contributed by atoms with Crippen LogP contribution >= 0.6 is 0 Å². The van der Waals surface area contributed by atoms with Crippen molar-refractivity contribution in [2.45, 2.75) is 57.1 Å². The van der Waals surface area contributed by atoms with Gasteiger partial charge >= 0.3 is 0 Å². The monoisotopic (exact) mass is 244 g/mol. The van der Waals surface area contributed by atoms with Gasteiger partial charge in [-0.2, -0.15) is 0 Å². The molecule has 6 heteroatoms. The van der Waals surface area contributed by atoms with Gasteiger partial charge in [0.05, 0.1) is 0 Å². The summed E-state index contributed by atoms with van der Waals surface area (Å²) in [6, 6.07) is 0. The van der Waals surface area contributed by atoms with Crippen molar-refractivity contribution >= 4 is 12.1 Å². The number of hydrogen-bond acceptors (Lipinski definition) is 6. The normalized spacial score (nSPS) is 53.5. The Labute approximate surface area is 98.8 Å². The third-order valence-electron chi connectivity index (χ3n) is 3.43. The number of rotatable bonds is 2. The fraction of sp³-hybridized carbons (Fsp3) is 0.818. The van der Waals surface area contributed by atoms with E-state index in [0.29, 0.717) is 6.29 Å². The molecule has 0 aromatic heterocycles. The van der Waals surface area contributed by atoms with Crippen molar-refractivity contribution in [1.82, 2.24) is 0 Å². The van der Waals surface area contributed by atoms with E-state index in [1.807, 2.05) is 0 Å². The summed E-state index contributed by atoms with van der Waals surface area (Å²) in [5.41, 5.74) is -1.17. The minimum absolute atomic E-state index is 0.0741. The van der Waals surface area contributed by atoms with Crippen LogP contribution in [0.25, 0.3) is 0 Å². The SMILES string of the molecule is CC(=O)[C@@]1(C)C[C@]2(O)O[C@](C)(C=O)O[C@@]2(C)O1. The van der Waals surface area contributed by atoms with Crippen molar-refractivity contribution in [3.63, 3.8) is 0 Å². The van der Waals surface area contributed by atoms with Crippen LogP contribution in [0.1, 0.15) is 34.1 Å². The quantitative estimate of drug-likeness (QED) is 0.695. The van der Waals surface area contributed by atoms with Crippen molar-refractivity contribution in [2.24, 2.45) is 0 Å². The van der Waals surface area contributed by atoms with Crippen LogP contribution < -0.4 is 0 Å². The number of ketones is 1. The van der Waals surface area contributed by atoms with Crippen molar-refractivity contribution in [2.75, 3.05) is 0 Å². The van der Waals surface area contributed by atoms with E-state index < -0.39 is 23.0 Å². The van der Waals surface area contributed by atoms with E-state index in [9.17, 15) is 14.7 Å². The minimum Gasteiger partial charge on any atom is -0.361 e. The maximum absolute atomic E-state index is 11.5. The molecule has 17 heavy (non-hydrogen) atoms. The molecule has 0 aliphatic carbocycles. The molecule has 0 saturated carbocycles. The van der Waals surface area contributed by atoms with Crippen LogP contribution in [0.4, 0.5) is 0 Å². The van der Waals surface area contributed by atoms with Crippen molar-refractivity contribution in [1.29, 1.82) is 0 Å². The van der Waals surface area contributed by atoms with Gasteiger partial charge in [0, 0.05) is 6.42 Å². The number of ether oxygens (including phenoxy) is 3. The second-order valence-electron chi connectivity index (χ2n) is 5.13. The van der Waals surface area contributed by atoms with Crippen LogP contribution in [0, 0.1) is 0 Å². The summed E-state index contributed by atoms with van der Waals surface area (Å²) in [6.07, 6.45) is 0.373. The van der Waals surface area contributed by atoms with E-state index in [0.717, 1.165) is 0 Å². The first-order valence-corrected chi connectivity index (χ1v) is 5.38. The molecule has 0 aromatic rings. The van der Waals surface area contributed by atoms with Crippen LogP contribution in [0.3, 0.4) is 0 Å². The Bertz CT molecular complexity index is 371. The molecule has 0 aromatic carbocycles. The molecule has 0 bridgehead atoms. The number of carbonyl (C=O) groups excluding carboxylic acids is 2. The average Bonchev–Trinajstić information content (AvgIpc) is 2.44. The molecule has 2 fully saturated rings. The Morgan fingerprint density at radius 2 is 1.82 bits per heavy atom. The van der Waals surface area contributed by atoms with Gasteiger partial charge in [-0.05, 0) is 27.7 Å². The van der Waals surface area contributed by atoms with E-state index in [2.05, 4.69) is 0 Å². The molecule has 2 saturated heterocycles. The summed E-state index contributed by atoms with van der Waals surface area (Å²) in [5, 5.41) is 10.4. The number of Topliss-reactive ketones (excluding diaryl/α,β-unsaturated/α-hetero) is 1. The van der Waals surface area contributed by atoms with Gasteiger partial charge in [0.25, 0.3) is 0 Å². The maximum atomic E-state index is 11.5. The van der Waals surface area contributed by atoms with Gasteiger partial charge in [0.1, 0.15) is 5.60 Å². The zero-order valence-electron chi connectivity index (χ0n) is 10.3. The molecule has 0 amide bonds. The van der Waals surface area contributed by atoms with Gasteiger partial charge in [-0.3, -0.25) is 9.59 Å². The molecule has 2 heterocycles. The highest BCUT2D eigenvalue weighted by Gasteiger charge is 2.72. The first-order valence-electron chi connectivity index (χ1n) is 5.38. The third-order valence-corrected chi connectivity index (χ3v) is 3.43. The highest BCUT2D eigenvalue weighted by molar-refractivity contribution is 5.85. The summed E-state index contributed by atoms with van der Waals surface area (Å²) in [7, 11) is 0. The van der Waals surface area contributed by atoms with Crippen molar-refractivity contribution < 1.29 is 28.9 Å². The second-order valence-corrected chi connectivity index (χ2v) is 5.13. The van der Waals surface area contributed by atoms with Gasteiger partial charge in [0.15, 0.2) is 12.1 Å². The lowest BCUT2D eigenvalue weighted by atomic mass is 9.94. The summed E-state index contributed by atoms with van der Waals surface area (Å²) >= 11 is 0.